The average molecular weight is 568 g/mol. The summed E-state index contributed by atoms with van der Waals surface area (Å²) in [6.07, 6.45) is 0.254. The Hall–Kier alpha value is -3.22. The molecule has 0 spiro atoms. The maximum Gasteiger partial charge on any atom is 0.323 e. The lowest BCUT2D eigenvalue weighted by atomic mass is 9.93. The molecule has 0 radical (unpaired) electrons. The lowest BCUT2D eigenvalue weighted by Gasteiger charge is -2.32. The van der Waals surface area contributed by atoms with Crippen LogP contribution in [0, 0.1) is 0 Å². The average Bonchev–Trinajstić information content (AvgIpc) is 3.43. The van der Waals surface area contributed by atoms with Gasteiger partial charge in [-0.3, -0.25) is 15.0 Å². The molecule has 2 fully saturated rings. The molecule has 224 valence electrons. The van der Waals surface area contributed by atoms with E-state index in [0.29, 0.717) is 50.0 Å². The predicted octanol–water partition coefficient (Wildman–Crippen LogP) is 4.32. The number of likely N-dealkylation sites (tertiary alicyclic amines) is 1. The number of piperidine rings is 1. The molecule has 0 unspecified atom stereocenters. The van der Waals surface area contributed by atoms with Crippen molar-refractivity contribution >= 4 is 23.6 Å². The zero-order chi connectivity index (χ0) is 29.7. The van der Waals surface area contributed by atoms with E-state index in [1.165, 1.54) is 0 Å². The quantitative estimate of drug-likeness (QED) is 0.560. The van der Waals surface area contributed by atoms with Crippen molar-refractivity contribution in [3.05, 3.63) is 23.7 Å². The molecule has 3 N–H and O–H groups in total. The van der Waals surface area contributed by atoms with Gasteiger partial charge in [0.1, 0.15) is 11.5 Å². The SMILES string of the molecule is CC(C)(C)c1cc(N)no1.CC(C)(C)c1cc(NC(=O)N2CCCN(C(=O)CN3CCC(F)(F)CC3)CC2)no1. The molecule has 3 amide bonds. The van der Waals surface area contributed by atoms with E-state index in [9.17, 15) is 18.4 Å². The maximum absolute atomic E-state index is 13.3. The number of carbonyl (C=O) groups excluding carboxylic acids is 2. The fraction of sp³-hybridized carbons (Fsp3) is 0.704. The summed E-state index contributed by atoms with van der Waals surface area (Å²) in [6.45, 7) is 14.6. The van der Waals surface area contributed by atoms with E-state index in [1.807, 2.05) is 41.5 Å². The summed E-state index contributed by atoms with van der Waals surface area (Å²) in [7, 11) is 0. The molecule has 0 atom stereocenters. The number of hydrogen-bond donors (Lipinski definition) is 2. The van der Waals surface area contributed by atoms with Crippen LogP contribution < -0.4 is 11.1 Å². The third kappa shape index (κ3) is 9.17. The Morgan fingerprint density at radius 2 is 1.45 bits per heavy atom. The molecule has 0 saturated carbocycles. The molecule has 2 saturated heterocycles. The van der Waals surface area contributed by atoms with E-state index < -0.39 is 5.92 Å². The summed E-state index contributed by atoms with van der Waals surface area (Å²) in [5.74, 6) is -0.373. The third-order valence-electron chi connectivity index (χ3n) is 6.83. The van der Waals surface area contributed by atoms with Gasteiger partial charge < -0.3 is 24.6 Å². The summed E-state index contributed by atoms with van der Waals surface area (Å²) in [5, 5.41) is 10.2. The van der Waals surface area contributed by atoms with Gasteiger partial charge in [0.15, 0.2) is 11.6 Å². The topological polar surface area (TPSA) is 134 Å². The number of amides is 3. The van der Waals surface area contributed by atoms with Crippen molar-refractivity contribution in [2.24, 2.45) is 0 Å². The van der Waals surface area contributed by atoms with Crippen LogP contribution in [0.3, 0.4) is 0 Å². The zero-order valence-corrected chi connectivity index (χ0v) is 24.4. The van der Waals surface area contributed by atoms with Gasteiger partial charge in [-0.2, -0.15) is 0 Å². The van der Waals surface area contributed by atoms with Gasteiger partial charge in [-0.05, 0) is 6.42 Å². The number of anilines is 2. The Balaban J connectivity index is 0.000000371. The number of hydrogen-bond acceptors (Lipinski definition) is 8. The smallest absolute Gasteiger partial charge is 0.323 e. The Kier molecular flexibility index (Phi) is 9.81. The van der Waals surface area contributed by atoms with Gasteiger partial charge in [0, 0.05) is 75.1 Å². The van der Waals surface area contributed by atoms with Crippen LogP contribution in [0.25, 0.3) is 0 Å². The van der Waals surface area contributed by atoms with Crippen molar-refractivity contribution in [2.75, 3.05) is 56.9 Å². The second-order valence-corrected chi connectivity index (χ2v) is 12.5. The molecule has 4 rings (SSSR count). The Labute approximate surface area is 234 Å². The number of aromatic nitrogens is 2. The van der Waals surface area contributed by atoms with Crippen LogP contribution >= 0.6 is 0 Å². The number of rotatable bonds is 3. The molecule has 2 aliphatic rings. The van der Waals surface area contributed by atoms with Crippen molar-refractivity contribution in [3.63, 3.8) is 0 Å². The molecule has 2 aliphatic heterocycles. The molecule has 11 nitrogen and oxygen atoms in total. The number of nitrogens with zero attached hydrogens (tertiary/aromatic N) is 5. The first-order valence-electron chi connectivity index (χ1n) is 13.7. The van der Waals surface area contributed by atoms with Crippen LogP contribution in [0.15, 0.2) is 21.2 Å². The van der Waals surface area contributed by atoms with Gasteiger partial charge >= 0.3 is 6.03 Å². The number of nitrogen functional groups attached to an aromatic ring is 1. The van der Waals surface area contributed by atoms with Crippen LogP contribution in [0.1, 0.15) is 72.3 Å². The van der Waals surface area contributed by atoms with Gasteiger partial charge in [-0.15, -0.1) is 0 Å². The number of halogens is 2. The molecule has 13 heteroatoms. The highest BCUT2D eigenvalue weighted by molar-refractivity contribution is 5.88. The maximum atomic E-state index is 13.3. The van der Waals surface area contributed by atoms with E-state index in [0.717, 1.165) is 5.76 Å². The van der Waals surface area contributed by atoms with Crippen molar-refractivity contribution in [1.29, 1.82) is 0 Å². The van der Waals surface area contributed by atoms with Crippen molar-refractivity contribution in [3.8, 4) is 0 Å². The molecular weight excluding hydrogens is 524 g/mol. The number of nitrogens with one attached hydrogen (secondary N) is 1. The minimum atomic E-state index is -2.62. The minimum absolute atomic E-state index is 0.00458. The number of carbonyl (C=O) groups is 2. The number of urea groups is 1. The van der Waals surface area contributed by atoms with E-state index in [4.69, 9.17) is 14.8 Å². The highest BCUT2D eigenvalue weighted by atomic mass is 19.3. The van der Waals surface area contributed by atoms with Crippen molar-refractivity contribution in [1.82, 2.24) is 25.0 Å². The predicted molar refractivity (Wildman–Crippen MR) is 147 cm³/mol. The van der Waals surface area contributed by atoms with Gasteiger partial charge in [-0.25, -0.2) is 13.6 Å². The Bertz CT molecular complexity index is 1130. The van der Waals surface area contributed by atoms with Gasteiger partial charge in [0.2, 0.25) is 5.91 Å². The molecule has 0 bridgehead atoms. The van der Waals surface area contributed by atoms with Crippen molar-refractivity contribution in [2.45, 2.75) is 77.6 Å². The Morgan fingerprint density at radius 3 is 1.98 bits per heavy atom. The van der Waals surface area contributed by atoms with Crippen LogP contribution in [0.5, 0.6) is 0 Å². The van der Waals surface area contributed by atoms with Gasteiger partial charge in [-0.1, -0.05) is 51.9 Å². The Morgan fingerprint density at radius 1 is 0.900 bits per heavy atom. The third-order valence-corrected chi connectivity index (χ3v) is 6.83. The second-order valence-electron chi connectivity index (χ2n) is 12.5. The molecular formula is C27H43F2N7O4. The molecule has 40 heavy (non-hydrogen) atoms. The zero-order valence-electron chi connectivity index (χ0n) is 24.4. The molecule has 0 aliphatic carbocycles. The standard InChI is InChI=1S/C20H31F2N5O3.C7H12N2O/c1-19(2,3)15-13-16(24-30-15)23-18(29)27-8-4-7-26(11-12-27)17(28)14-25-9-5-20(21,22)6-10-25;1-7(2,3)5-4-6(8)9-10-5/h13H,4-12,14H2,1-3H3,(H,23,24,29);4H,1-3H3,(H2,8,9). The summed E-state index contributed by atoms with van der Waals surface area (Å²) in [6, 6.07) is 3.18. The lowest BCUT2D eigenvalue weighted by molar-refractivity contribution is -0.134. The van der Waals surface area contributed by atoms with Crippen LogP contribution in [0.2, 0.25) is 0 Å². The molecule has 2 aromatic rings. The van der Waals surface area contributed by atoms with Crippen molar-refractivity contribution < 1.29 is 27.4 Å². The fourth-order valence-electron chi connectivity index (χ4n) is 4.22. The van der Waals surface area contributed by atoms with Crippen LogP contribution in [-0.4, -0.2) is 88.7 Å². The first kappa shape index (κ1) is 31.3. The highest BCUT2D eigenvalue weighted by Gasteiger charge is 2.35. The van der Waals surface area contributed by atoms with Crippen LogP contribution in [-0.2, 0) is 15.6 Å². The summed E-state index contributed by atoms with van der Waals surface area (Å²) in [4.78, 5) is 30.3. The van der Waals surface area contributed by atoms with E-state index in [-0.39, 0.29) is 55.2 Å². The normalized spacial score (nSPS) is 18.5. The highest BCUT2D eigenvalue weighted by Crippen LogP contribution is 2.28. The van der Waals surface area contributed by atoms with Gasteiger partial charge in [0.25, 0.3) is 5.92 Å². The summed E-state index contributed by atoms with van der Waals surface area (Å²) < 4.78 is 36.8. The first-order chi connectivity index (χ1) is 18.5. The van der Waals surface area contributed by atoms with E-state index >= 15 is 0 Å². The molecule has 0 aromatic carbocycles. The molecule has 4 heterocycles. The molecule has 2 aromatic heterocycles. The monoisotopic (exact) mass is 567 g/mol. The number of nitrogens with two attached hydrogens (primary N) is 1. The van der Waals surface area contributed by atoms with Crippen LogP contribution in [0.4, 0.5) is 25.2 Å². The summed E-state index contributed by atoms with van der Waals surface area (Å²) >= 11 is 0. The van der Waals surface area contributed by atoms with E-state index in [2.05, 4.69) is 15.6 Å². The summed E-state index contributed by atoms with van der Waals surface area (Å²) in [5.41, 5.74) is 5.17. The van der Waals surface area contributed by atoms with Gasteiger partial charge in [0.05, 0.1) is 6.54 Å². The minimum Gasteiger partial charge on any atom is -0.381 e. The number of alkyl halides is 2. The lowest BCUT2D eigenvalue weighted by Crippen LogP contribution is -2.46. The van der Waals surface area contributed by atoms with E-state index in [1.54, 1.807) is 26.8 Å². The fourth-order valence-corrected chi connectivity index (χ4v) is 4.22. The second kappa shape index (κ2) is 12.5. The first-order valence-corrected chi connectivity index (χ1v) is 13.7. The largest absolute Gasteiger partial charge is 0.381 e.